The molecule has 4 nitrogen and oxygen atoms in total. The fourth-order valence-corrected chi connectivity index (χ4v) is 5.38. The first-order valence-electron chi connectivity index (χ1n) is 5.94. The second kappa shape index (κ2) is 6.00. The van der Waals surface area contributed by atoms with Crippen LogP contribution in [0.2, 0.25) is 0 Å². The van der Waals surface area contributed by atoms with Crippen molar-refractivity contribution in [3.63, 3.8) is 0 Å². The van der Waals surface area contributed by atoms with Gasteiger partial charge in [-0.1, -0.05) is 0 Å². The van der Waals surface area contributed by atoms with Gasteiger partial charge in [-0.2, -0.15) is 4.31 Å². The van der Waals surface area contributed by atoms with E-state index in [-0.39, 0.29) is 0 Å². The third kappa shape index (κ3) is 3.33. The second-order valence-electron chi connectivity index (χ2n) is 4.43. The smallest absolute Gasteiger partial charge is 0.252 e. The summed E-state index contributed by atoms with van der Waals surface area (Å²) in [6.45, 7) is 3.57. The molecule has 0 saturated carbocycles. The summed E-state index contributed by atoms with van der Waals surface area (Å²) in [5.74, 6) is 0. The molecule has 0 unspecified atom stereocenters. The maximum absolute atomic E-state index is 12.2. The van der Waals surface area contributed by atoms with Gasteiger partial charge in [-0.05, 0) is 54.0 Å². The van der Waals surface area contributed by atoms with Crippen LogP contribution < -0.4 is 0 Å². The maximum atomic E-state index is 12.2. The molecule has 0 aromatic carbocycles. The predicted molar refractivity (Wildman–Crippen MR) is 77.5 cm³/mol. The maximum Gasteiger partial charge on any atom is 0.252 e. The van der Waals surface area contributed by atoms with Crippen molar-refractivity contribution in [3.8, 4) is 0 Å². The Balaban J connectivity index is 1.96. The minimum atomic E-state index is -3.31. The number of rotatable bonds is 5. The van der Waals surface area contributed by atoms with Crippen LogP contribution in [0.4, 0.5) is 0 Å². The van der Waals surface area contributed by atoms with Gasteiger partial charge in [0.1, 0.15) is 4.21 Å². The topological polar surface area (TPSA) is 40.6 Å². The van der Waals surface area contributed by atoms with Gasteiger partial charge in [0, 0.05) is 20.1 Å². The zero-order valence-electron chi connectivity index (χ0n) is 10.3. The van der Waals surface area contributed by atoms with E-state index in [0.29, 0.717) is 10.8 Å². The van der Waals surface area contributed by atoms with Gasteiger partial charge in [0.15, 0.2) is 0 Å². The van der Waals surface area contributed by atoms with Gasteiger partial charge in [-0.15, -0.1) is 11.3 Å². The standard InChI is InChI=1S/C11H17BrN2O2S2/c1-13(8-9-14-6-2-3-7-14)18(15,16)11-5-4-10(12)17-11/h4-5H,2-3,6-9H2,1H3. The zero-order chi connectivity index (χ0) is 13.2. The van der Waals surface area contributed by atoms with Crippen molar-refractivity contribution >= 4 is 37.3 Å². The number of thiophene rings is 1. The average molecular weight is 353 g/mol. The Labute approximate surface area is 121 Å². The molecule has 0 atom stereocenters. The van der Waals surface area contributed by atoms with Crippen molar-refractivity contribution in [1.29, 1.82) is 0 Å². The molecule has 1 aliphatic heterocycles. The van der Waals surface area contributed by atoms with E-state index in [1.54, 1.807) is 19.2 Å². The molecule has 0 spiro atoms. The van der Waals surface area contributed by atoms with Crippen molar-refractivity contribution in [3.05, 3.63) is 15.9 Å². The van der Waals surface area contributed by atoms with Crippen LogP contribution in [0.5, 0.6) is 0 Å². The lowest BCUT2D eigenvalue weighted by Gasteiger charge is -2.20. The monoisotopic (exact) mass is 352 g/mol. The Morgan fingerprint density at radius 1 is 1.39 bits per heavy atom. The van der Waals surface area contributed by atoms with Crippen molar-refractivity contribution in [2.45, 2.75) is 17.1 Å². The summed E-state index contributed by atoms with van der Waals surface area (Å²) in [5, 5.41) is 0. The van der Waals surface area contributed by atoms with E-state index < -0.39 is 10.0 Å². The number of hydrogen-bond acceptors (Lipinski definition) is 4. The van der Waals surface area contributed by atoms with Crippen LogP contribution in [0, 0.1) is 0 Å². The van der Waals surface area contributed by atoms with Crippen molar-refractivity contribution < 1.29 is 8.42 Å². The highest BCUT2D eigenvalue weighted by Crippen LogP contribution is 2.27. The number of hydrogen-bond donors (Lipinski definition) is 0. The van der Waals surface area contributed by atoms with Crippen LogP contribution in [-0.2, 0) is 10.0 Å². The predicted octanol–water partition coefficient (Wildman–Crippen LogP) is 2.23. The molecule has 0 N–H and O–H groups in total. The normalized spacial score (nSPS) is 17.7. The van der Waals surface area contributed by atoms with Crippen LogP contribution in [0.1, 0.15) is 12.8 Å². The summed E-state index contributed by atoms with van der Waals surface area (Å²) in [5.41, 5.74) is 0. The summed E-state index contributed by atoms with van der Waals surface area (Å²) in [7, 11) is -1.66. The largest absolute Gasteiger partial charge is 0.302 e. The minimum Gasteiger partial charge on any atom is -0.302 e. The van der Waals surface area contributed by atoms with Gasteiger partial charge in [-0.3, -0.25) is 0 Å². The summed E-state index contributed by atoms with van der Waals surface area (Å²) in [6, 6.07) is 3.42. The summed E-state index contributed by atoms with van der Waals surface area (Å²) in [6.07, 6.45) is 2.46. The van der Waals surface area contributed by atoms with Gasteiger partial charge in [0.2, 0.25) is 0 Å². The lowest BCUT2D eigenvalue weighted by atomic mass is 10.4. The molecule has 1 saturated heterocycles. The number of nitrogens with zero attached hydrogens (tertiary/aromatic N) is 2. The quantitative estimate of drug-likeness (QED) is 0.815. The molecular formula is C11H17BrN2O2S2. The molecule has 1 aliphatic rings. The first-order chi connectivity index (χ1) is 8.50. The van der Waals surface area contributed by atoms with Gasteiger partial charge < -0.3 is 4.90 Å². The summed E-state index contributed by atoms with van der Waals surface area (Å²) in [4.78, 5) is 2.32. The number of likely N-dealkylation sites (N-methyl/N-ethyl adjacent to an activating group) is 1. The highest BCUT2D eigenvalue weighted by molar-refractivity contribution is 9.11. The van der Waals surface area contributed by atoms with Gasteiger partial charge >= 0.3 is 0 Å². The fraction of sp³-hybridized carbons (Fsp3) is 0.636. The molecule has 2 rings (SSSR count). The van der Waals surface area contributed by atoms with E-state index in [4.69, 9.17) is 0 Å². The van der Waals surface area contributed by atoms with Crippen LogP contribution >= 0.6 is 27.3 Å². The van der Waals surface area contributed by atoms with Crippen molar-refractivity contribution in [1.82, 2.24) is 9.21 Å². The first-order valence-corrected chi connectivity index (χ1v) is 8.99. The molecule has 7 heteroatoms. The van der Waals surface area contributed by atoms with Crippen LogP contribution in [0.3, 0.4) is 0 Å². The van der Waals surface area contributed by atoms with E-state index in [1.165, 1.54) is 28.5 Å². The third-order valence-corrected chi connectivity index (χ3v) is 7.09. The molecule has 1 aromatic rings. The lowest BCUT2D eigenvalue weighted by molar-refractivity contribution is 0.310. The van der Waals surface area contributed by atoms with Crippen molar-refractivity contribution in [2.24, 2.45) is 0 Å². The number of halogens is 1. The van der Waals surface area contributed by atoms with E-state index >= 15 is 0 Å². The molecule has 2 heterocycles. The third-order valence-electron chi connectivity index (χ3n) is 3.14. The molecule has 0 bridgehead atoms. The summed E-state index contributed by atoms with van der Waals surface area (Å²) >= 11 is 4.55. The van der Waals surface area contributed by atoms with E-state index in [2.05, 4.69) is 20.8 Å². The van der Waals surface area contributed by atoms with E-state index in [0.717, 1.165) is 23.4 Å². The molecule has 0 radical (unpaired) electrons. The first kappa shape index (κ1) is 14.5. The minimum absolute atomic E-state index is 0.401. The Kier molecular flexibility index (Phi) is 4.82. The molecule has 1 fully saturated rings. The fourth-order valence-electron chi connectivity index (χ4n) is 2.00. The highest BCUT2D eigenvalue weighted by Gasteiger charge is 2.23. The average Bonchev–Trinajstić information content (AvgIpc) is 2.96. The Morgan fingerprint density at radius 3 is 2.61 bits per heavy atom. The molecule has 1 aromatic heterocycles. The molecule has 102 valence electrons. The second-order valence-corrected chi connectivity index (χ2v) is 9.17. The van der Waals surface area contributed by atoms with Crippen LogP contribution in [0.15, 0.2) is 20.1 Å². The Bertz CT molecular complexity index is 495. The van der Waals surface area contributed by atoms with Gasteiger partial charge in [0.05, 0.1) is 3.79 Å². The van der Waals surface area contributed by atoms with Crippen LogP contribution in [-0.4, -0.2) is 50.8 Å². The molecule has 0 amide bonds. The number of sulfonamides is 1. The van der Waals surface area contributed by atoms with E-state index in [9.17, 15) is 8.42 Å². The van der Waals surface area contributed by atoms with Gasteiger partial charge in [-0.25, -0.2) is 8.42 Å². The lowest BCUT2D eigenvalue weighted by Crippen LogP contribution is -2.34. The Morgan fingerprint density at radius 2 is 2.06 bits per heavy atom. The highest BCUT2D eigenvalue weighted by atomic mass is 79.9. The van der Waals surface area contributed by atoms with Gasteiger partial charge in [0.25, 0.3) is 10.0 Å². The molecule has 0 aliphatic carbocycles. The zero-order valence-corrected chi connectivity index (χ0v) is 13.5. The van der Waals surface area contributed by atoms with Crippen LogP contribution in [0.25, 0.3) is 0 Å². The molecular weight excluding hydrogens is 336 g/mol. The Hall–Kier alpha value is 0.0500. The molecule has 18 heavy (non-hydrogen) atoms. The SMILES string of the molecule is CN(CCN1CCCC1)S(=O)(=O)c1ccc(Br)s1. The van der Waals surface area contributed by atoms with Crippen molar-refractivity contribution in [2.75, 3.05) is 33.2 Å². The summed E-state index contributed by atoms with van der Waals surface area (Å²) < 4.78 is 27.2. The van der Waals surface area contributed by atoms with E-state index in [1.807, 2.05) is 0 Å². The number of likely N-dealkylation sites (tertiary alicyclic amines) is 1.